The molecule has 1 atom stereocenters. The van der Waals surface area contributed by atoms with Crippen molar-refractivity contribution in [2.45, 2.75) is 25.3 Å². The number of ether oxygens (including phenoxy) is 1. The summed E-state index contributed by atoms with van der Waals surface area (Å²) in [5.41, 5.74) is 5.91. The molecule has 0 saturated carbocycles. The van der Waals surface area contributed by atoms with E-state index in [9.17, 15) is 14.4 Å². The molecular weight excluding hydrogens is 370 g/mol. The first-order chi connectivity index (χ1) is 14.0. The molecule has 2 fully saturated rings. The van der Waals surface area contributed by atoms with Crippen molar-refractivity contribution < 1.29 is 19.1 Å². The van der Waals surface area contributed by atoms with Gasteiger partial charge in [0.05, 0.1) is 18.2 Å². The zero-order valence-electron chi connectivity index (χ0n) is 16.0. The first-order valence-electron chi connectivity index (χ1n) is 9.76. The number of carbonyl (C=O) groups excluding carboxylic acids is 3. The van der Waals surface area contributed by atoms with Crippen molar-refractivity contribution in [1.82, 2.24) is 4.90 Å². The van der Waals surface area contributed by atoms with Crippen LogP contribution in [0.2, 0.25) is 0 Å². The number of amides is 3. The van der Waals surface area contributed by atoms with Crippen molar-refractivity contribution in [3.8, 4) is 11.5 Å². The van der Waals surface area contributed by atoms with Crippen molar-refractivity contribution >= 4 is 23.4 Å². The lowest BCUT2D eigenvalue weighted by atomic mass is 9.95. The van der Waals surface area contributed by atoms with Crippen LogP contribution in [0.4, 0.5) is 5.69 Å². The number of hydrogen-bond acceptors (Lipinski definition) is 5. The minimum atomic E-state index is -0.475. The molecule has 7 heteroatoms. The van der Waals surface area contributed by atoms with Crippen LogP contribution in [0.3, 0.4) is 0 Å². The Bertz CT molecular complexity index is 905. The number of primary amides is 1. The number of likely N-dealkylation sites (tertiary alicyclic amines) is 1. The third-order valence-electron chi connectivity index (χ3n) is 5.57. The summed E-state index contributed by atoms with van der Waals surface area (Å²) in [6.07, 6.45) is 1.40. The Kier molecular flexibility index (Phi) is 5.31. The van der Waals surface area contributed by atoms with Crippen molar-refractivity contribution in [1.29, 1.82) is 0 Å². The molecule has 2 aromatic carbocycles. The van der Waals surface area contributed by atoms with Gasteiger partial charge in [0.1, 0.15) is 11.5 Å². The Balaban J connectivity index is 1.43. The molecule has 29 heavy (non-hydrogen) atoms. The van der Waals surface area contributed by atoms with Gasteiger partial charge in [-0.1, -0.05) is 18.2 Å². The molecule has 3 amide bonds. The Hall–Kier alpha value is -3.19. The summed E-state index contributed by atoms with van der Waals surface area (Å²) in [5, 5.41) is 0. The first-order valence-corrected chi connectivity index (χ1v) is 9.76. The fourth-order valence-corrected chi connectivity index (χ4v) is 3.96. The van der Waals surface area contributed by atoms with E-state index in [0.29, 0.717) is 43.1 Å². The molecule has 2 aliphatic heterocycles. The molecule has 0 aliphatic carbocycles. The van der Waals surface area contributed by atoms with E-state index in [1.54, 1.807) is 24.3 Å². The Morgan fingerprint density at radius 3 is 2.17 bits per heavy atom. The monoisotopic (exact) mass is 393 g/mol. The molecule has 0 radical (unpaired) electrons. The van der Waals surface area contributed by atoms with Crippen LogP contribution >= 0.6 is 0 Å². The number of nitrogens with zero attached hydrogens (tertiary/aromatic N) is 2. The van der Waals surface area contributed by atoms with Crippen molar-refractivity contribution in [2.24, 2.45) is 11.7 Å². The maximum absolute atomic E-state index is 12.9. The van der Waals surface area contributed by atoms with Gasteiger partial charge >= 0.3 is 0 Å². The summed E-state index contributed by atoms with van der Waals surface area (Å²) in [5.74, 6) is 0.472. The van der Waals surface area contributed by atoms with Gasteiger partial charge in [-0.25, -0.2) is 4.90 Å². The number of piperidine rings is 1. The van der Waals surface area contributed by atoms with Gasteiger partial charge in [-0.05, 0) is 62.3 Å². The average Bonchev–Trinajstić information content (AvgIpc) is 3.03. The van der Waals surface area contributed by atoms with Gasteiger partial charge in [-0.15, -0.1) is 0 Å². The SMILES string of the molecule is NC(=O)C1CCN([C@H]2CC(=O)N(c3ccc(Oc4ccccc4)cc3)C2=O)CC1. The maximum Gasteiger partial charge on any atom is 0.251 e. The van der Waals surface area contributed by atoms with E-state index in [4.69, 9.17) is 10.5 Å². The third-order valence-corrected chi connectivity index (χ3v) is 5.57. The lowest BCUT2D eigenvalue weighted by Gasteiger charge is -2.33. The molecule has 0 spiro atoms. The molecule has 2 N–H and O–H groups in total. The number of hydrogen-bond donors (Lipinski definition) is 1. The van der Waals surface area contributed by atoms with Gasteiger partial charge in [0.2, 0.25) is 11.8 Å². The van der Waals surface area contributed by atoms with Crippen LogP contribution in [0.25, 0.3) is 0 Å². The van der Waals surface area contributed by atoms with E-state index < -0.39 is 6.04 Å². The topological polar surface area (TPSA) is 92.9 Å². The molecule has 150 valence electrons. The van der Waals surface area contributed by atoms with Crippen molar-refractivity contribution in [2.75, 3.05) is 18.0 Å². The number of imide groups is 1. The number of para-hydroxylation sites is 1. The quantitative estimate of drug-likeness (QED) is 0.787. The summed E-state index contributed by atoms with van der Waals surface area (Å²) < 4.78 is 5.76. The van der Waals surface area contributed by atoms with E-state index in [-0.39, 0.29) is 30.1 Å². The van der Waals surface area contributed by atoms with Gasteiger partial charge in [-0.3, -0.25) is 19.3 Å². The van der Waals surface area contributed by atoms with Crippen molar-refractivity contribution in [3.05, 3.63) is 54.6 Å². The minimum absolute atomic E-state index is 0.147. The molecule has 0 bridgehead atoms. The summed E-state index contributed by atoms with van der Waals surface area (Å²) in [6.45, 7) is 1.18. The van der Waals surface area contributed by atoms with Crippen LogP contribution in [0, 0.1) is 5.92 Å². The molecular formula is C22H23N3O4. The maximum atomic E-state index is 12.9. The van der Waals surface area contributed by atoms with Crippen LogP contribution in [-0.4, -0.2) is 41.8 Å². The molecule has 0 aromatic heterocycles. The van der Waals surface area contributed by atoms with E-state index in [1.165, 1.54) is 4.90 Å². The Morgan fingerprint density at radius 2 is 1.55 bits per heavy atom. The lowest BCUT2D eigenvalue weighted by molar-refractivity contribution is -0.124. The molecule has 0 unspecified atom stereocenters. The average molecular weight is 393 g/mol. The smallest absolute Gasteiger partial charge is 0.251 e. The molecule has 7 nitrogen and oxygen atoms in total. The normalized spacial score (nSPS) is 20.8. The summed E-state index contributed by atoms with van der Waals surface area (Å²) in [6, 6.07) is 15.8. The Morgan fingerprint density at radius 1 is 0.931 bits per heavy atom. The highest BCUT2D eigenvalue weighted by Crippen LogP contribution is 2.30. The molecule has 4 rings (SSSR count). The molecule has 2 heterocycles. The largest absolute Gasteiger partial charge is 0.457 e. The number of nitrogens with two attached hydrogens (primary N) is 1. The third kappa shape index (κ3) is 4.00. The lowest BCUT2D eigenvalue weighted by Crippen LogP contribution is -2.47. The number of benzene rings is 2. The standard InChI is InChI=1S/C22H23N3O4/c23-21(27)15-10-12-24(13-11-15)19-14-20(26)25(22(19)28)16-6-8-18(9-7-16)29-17-4-2-1-3-5-17/h1-9,15,19H,10-14H2,(H2,23,27)/t19-/m0/s1. The predicted molar refractivity (Wildman–Crippen MR) is 107 cm³/mol. The van der Waals surface area contributed by atoms with E-state index in [2.05, 4.69) is 0 Å². The molecule has 2 aliphatic rings. The highest BCUT2D eigenvalue weighted by atomic mass is 16.5. The van der Waals surface area contributed by atoms with Gasteiger partial charge in [-0.2, -0.15) is 0 Å². The van der Waals surface area contributed by atoms with Crippen molar-refractivity contribution in [3.63, 3.8) is 0 Å². The second kappa shape index (κ2) is 8.05. The summed E-state index contributed by atoms with van der Waals surface area (Å²) in [4.78, 5) is 40.1. The van der Waals surface area contributed by atoms with Crippen LogP contribution < -0.4 is 15.4 Å². The number of carbonyl (C=O) groups is 3. The predicted octanol–water partition coefficient (Wildman–Crippen LogP) is 2.31. The van der Waals surface area contributed by atoms with Gasteiger partial charge in [0, 0.05) is 5.92 Å². The van der Waals surface area contributed by atoms with Crippen LogP contribution in [0.15, 0.2) is 54.6 Å². The fourth-order valence-electron chi connectivity index (χ4n) is 3.96. The van der Waals surface area contributed by atoms with Gasteiger partial charge < -0.3 is 10.5 Å². The fraction of sp³-hybridized carbons (Fsp3) is 0.318. The van der Waals surface area contributed by atoms with E-state index in [1.807, 2.05) is 35.2 Å². The van der Waals surface area contributed by atoms with Crippen LogP contribution in [0.5, 0.6) is 11.5 Å². The zero-order chi connectivity index (χ0) is 20.4. The van der Waals surface area contributed by atoms with Crippen LogP contribution in [-0.2, 0) is 14.4 Å². The van der Waals surface area contributed by atoms with Crippen LogP contribution in [0.1, 0.15) is 19.3 Å². The molecule has 2 saturated heterocycles. The molecule has 2 aromatic rings. The number of rotatable bonds is 5. The van der Waals surface area contributed by atoms with Gasteiger partial charge in [0.25, 0.3) is 5.91 Å². The number of anilines is 1. The van der Waals surface area contributed by atoms with E-state index in [0.717, 1.165) is 0 Å². The minimum Gasteiger partial charge on any atom is -0.457 e. The summed E-state index contributed by atoms with van der Waals surface area (Å²) in [7, 11) is 0. The second-order valence-electron chi connectivity index (χ2n) is 7.41. The zero-order valence-corrected chi connectivity index (χ0v) is 16.0. The Labute approximate surface area is 169 Å². The van der Waals surface area contributed by atoms with Gasteiger partial charge in [0.15, 0.2) is 0 Å². The first kappa shape index (κ1) is 19.1. The second-order valence-corrected chi connectivity index (χ2v) is 7.41. The highest BCUT2D eigenvalue weighted by molar-refractivity contribution is 6.22. The highest BCUT2D eigenvalue weighted by Gasteiger charge is 2.43. The van der Waals surface area contributed by atoms with E-state index >= 15 is 0 Å². The summed E-state index contributed by atoms with van der Waals surface area (Å²) >= 11 is 0.